The van der Waals surface area contributed by atoms with E-state index in [4.69, 9.17) is 21.3 Å². The first kappa shape index (κ1) is 27.2. The van der Waals surface area contributed by atoms with Gasteiger partial charge in [0.15, 0.2) is 0 Å². The average molecular weight is 523 g/mol. The van der Waals surface area contributed by atoms with Gasteiger partial charge in [0.1, 0.15) is 17.4 Å². The molecule has 190 valence electrons. The molecule has 1 atom stereocenters. The monoisotopic (exact) mass is 522 g/mol. The number of hydrogen-bond donors (Lipinski definition) is 1. The summed E-state index contributed by atoms with van der Waals surface area (Å²) in [6.45, 7) is 8.05. The molecule has 2 heterocycles. The van der Waals surface area contributed by atoms with Gasteiger partial charge in [0.25, 0.3) is 0 Å². The molecule has 0 spiro atoms. The number of piperidine rings is 1. The minimum absolute atomic E-state index is 0. The van der Waals surface area contributed by atoms with Gasteiger partial charge in [0.05, 0.1) is 22.7 Å². The zero-order valence-electron chi connectivity index (χ0n) is 20.2. The fraction of sp³-hybridized carbons (Fsp3) is 0.462. The van der Waals surface area contributed by atoms with Crippen molar-refractivity contribution in [2.24, 2.45) is 0 Å². The Morgan fingerprint density at radius 1 is 1.20 bits per heavy atom. The van der Waals surface area contributed by atoms with E-state index in [-0.39, 0.29) is 29.4 Å². The van der Waals surface area contributed by atoms with Crippen LogP contribution in [0.5, 0.6) is 5.75 Å². The summed E-state index contributed by atoms with van der Waals surface area (Å²) in [6.07, 6.45) is 4.92. The minimum atomic E-state index is -0.472. The lowest BCUT2D eigenvalue weighted by molar-refractivity contribution is -0.119. The van der Waals surface area contributed by atoms with Gasteiger partial charge < -0.3 is 19.5 Å². The number of nitrogens with zero attached hydrogens (tertiary/aromatic N) is 3. The Balaban J connectivity index is 0.00000342. The molecular weight excluding hydrogens is 490 g/mol. The van der Waals surface area contributed by atoms with Crippen LogP contribution in [-0.2, 0) is 11.3 Å². The van der Waals surface area contributed by atoms with Crippen molar-refractivity contribution in [2.75, 3.05) is 26.2 Å². The van der Waals surface area contributed by atoms with Crippen molar-refractivity contribution < 1.29 is 13.9 Å². The Labute approximate surface area is 217 Å². The van der Waals surface area contributed by atoms with Gasteiger partial charge in [-0.15, -0.1) is 12.4 Å². The highest BCUT2D eigenvalue weighted by atomic mass is 35.5. The number of carbonyl (C=O) groups is 1. The van der Waals surface area contributed by atoms with Crippen molar-refractivity contribution in [2.45, 2.75) is 52.1 Å². The minimum Gasteiger partial charge on any atom is -0.493 e. The molecule has 1 aliphatic heterocycles. The van der Waals surface area contributed by atoms with Crippen LogP contribution in [0.15, 0.2) is 36.4 Å². The second kappa shape index (κ2) is 12.6. The third-order valence-corrected chi connectivity index (χ3v) is 6.43. The van der Waals surface area contributed by atoms with Gasteiger partial charge >= 0.3 is 0 Å². The lowest BCUT2D eigenvalue weighted by atomic mass is 10.1. The Hall–Kier alpha value is -2.35. The number of hydrogen-bond acceptors (Lipinski definition) is 4. The van der Waals surface area contributed by atoms with Crippen LogP contribution in [-0.4, -0.2) is 52.6 Å². The normalized spacial score (nSPS) is 15.0. The Morgan fingerprint density at radius 2 is 1.97 bits per heavy atom. The van der Waals surface area contributed by atoms with E-state index < -0.39 is 5.82 Å². The average Bonchev–Trinajstić information content (AvgIpc) is 3.16. The van der Waals surface area contributed by atoms with Gasteiger partial charge in [-0.3, -0.25) is 4.79 Å². The van der Waals surface area contributed by atoms with Crippen LogP contribution in [0, 0.1) is 5.82 Å². The highest BCUT2D eigenvalue weighted by Crippen LogP contribution is 2.30. The fourth-order valence-electron chi connectivity index (χ4n) is 4.57. The maximum absolute atomic E-state index is 13.8. The largest absolute Gasteiger partial charge is 0.493 e. The molecular formula is C26H33Cl2FN4O2. The molecule has 1 aromatic heterocycles. The molecule has 1 fully saturated rings. The van der Waals surface area contributed by atoms with Gasteiger partial charge in [-0.2, -0.15) is 0 Å². The number of likely N-dealkylation sites (tertiary alicyclic amines) is 1. The summed E-state index contributed by atoms with van der Waals surface area (Å²) in [4.78, 5) is 18.9. The summed E-state index contributed by atoms with van der Waals surface area (Å²) in [5, 5.41) is 2.96. The number of ether oxygens (including phenoxy) is 1. The number of halogens is 3. The quantitative estimate of drug-likeness (QED) is 0.366. The van der Waals surface area contributed by atoms with Crippen molar-refractivity contribution >= 4 is 40.9 Å². The SMILES string of the molecule is CC(=O)NC(C)Cn1c(-c2ccc(F)c(Cl)c2)nc2cc(OCCCN3CCCCC3)ccc21.Cl. The number of imidazole rings is 1. The predicted octanol–water partition coefficient (Wildman–Crippen LogP) is 5.70. The first-order valence-electron chi connectivity index (χ1n) is 12.0. The van der Waals surface area contributed by atoms with E-state index in [0.717, 1.165) is 29.7 Å². The van der Waals surface area contributed by atoms with Crippen molar-refractivity contribution in [1.82, 2.24) is 19.8 Å². The van der Waals surface area contributed by atoms with Gasteiger partial charge in [-0.05, 0) is 69.6 Å². The molecule has 1 amide bonds. The standard InChI is InChI=1S/C26H32ClFN4O2.ClH/c1-18(29-19(2)33)17-32-25-10-8-21(34-14-6-13-31-11-4-3-5-12-31)16-24(25)30-26(32)20-7-9-23(28)22(27)15-20;/h7-10,15-16,18H,3-6,11-14,17H2,1-2H3,(H,29,33);1H. The molecule has 0 bridgehead atoms. The smallest absolute Gasteiger partial charge is 0.217 e. The number of amides is 1. The lowest BCUT2D eigenvalue weighted by Gasteiger charge is -2.26. The zero-order chi connectivity index (χ0) is 24.1. The predicted molar refractivity (Wildman–Crippen MR) is 141 cm³/mol. The van der Waals surface area contributed by atoms with Crippen molar-refractivity contribution in [3.63, 3.8) is 0 Å². The van der Waals surface area contributed by atoms with Gasteiger partial charge in [-0.1, -0.05) is 18.0 Å². The van der Waals surface area contributed by atoms with E-state index in [0.29, 0.717) is 24.5 Å². The molecule has 35 heavy (non-hydrogen) atoms. The molecule has 1 N–H and O–H groups in total. The fourth-order valence-corrected chi connectivity index (χ4v) is 4.75. The summed E-state index contributed by atoms with van der Waals surface area (Å²) in [6, 6.07) is 10.3. The second-order valence-corrected chi connectivity index (χ2v) is 9.44. The summed E-state index contributed by atoms with van der Waals surface area (Å²) in [7, 11) is 0. The second-order valence-electron chi connectivity index (χ2n) is 9.03. The van der Waals surface area contributed by atoms with E-state index in [1.165, 1.54) is 45.3 Å². The van der Waals surface area contributed by atoms with E-state index in [2.05, 4.69) is 10.2 Å². The highest BCUT2D eigenvalue weighted by molar-refractivity contribution is 6.31. The highest BCUT2D eigenvalue weighted by Gasteiger charge is 2.17. The number of rotatable bonds is 9. The summed E-state index contributed by atoms with van der Waals surface area (Å²) in [5.41, 5.74) is 2.40. The van der Waals surface area contributed by atoms with Crippen LogP contribution in [0.25, 0.3) is 22.4 Å². The third-order valence-electron chi connectivity index (χ3n) is 6.14. The van der Waals surface area contributed by atoms with Crippen LogP contribution in [0.1, 0.15) is 39.5 Å². The summed E-state index contributed by atoms with van der Waals surface area (Å²) < 4.78 is 21.8. The third kappa shape index (κ3) is 7.09. The molecule has 9 heteroatoms. The van der Waals surface area contributed by atoms with Crippen LogP contribution >= 0.6 is 24.0 Å². The maximum Gasteiger partial charge on any atom is 0.217 e. The number of carbonyl (C=O) groups excluding carboxylic acids is 1. The number of aromatic nitrogens is 2. The topological polar surface area (TPSA) is 59.4 Å². The van der Waals surface area contributed by atoms with E-state index in [9.17, 15) is 9.18 Å². The number of benzene rings is 2. The number of nitrogens with one attached hydrogen (secondary N) is 1. The maximum atomic E-state index is 13.8. The molecule has 0 saturated carbocycles. The Kier molecular flexibility index (Phi) is 9.78. The Morgan fingerprint density at radius 3 is 2.69 bits per heavy atom. The molecule has 1 unspecified atom stereocenters. The van der Waals surface area contributed by atoms with Crippen LogP contribution in [0.3, 0.4) is 0 Å². The van der Waals surface area contributed by atoms with E-state index >= 15 is 0 Å². The number of fused-ring (bicyclic) bond motifs is 1. The van der Waals surface area contributed by atoms with Crippen molar-refractivity contribution in [1.29, 1.82) is 0 Å². The van der Waals surface area contributed by atoms with Crippen LogP contribution in [0.2, 0.25) is 5.02 Å². The molecule has 0 radical (unpaired) electrons. The van der Waals surface area contributed by atoms with Crippen LogP contribution < -0.4 is 10.1 Å². The molecule has 1 aliphatic rings. The van der Waals surface area contributed by atoms with Crippen molar-refractivity contribution in [3.05, 3.63) is 47.2 Å². The van der Waals surface area contributed by atoms with E-state index in [1.807, 2.05) is 29.7 Å². The van der Waals surface area contributed by atoms with Crippen molar-refractivity contribution in [3.8, 4) is 17.1 Å². The summed E-state index contributed by atoms with van der Waals surface area (Å²) in [5.74, 6) is 0.870. The van der Waals surface area contributed by atoms with Gasteiger partial charge in [0, 0.05) is 37.7 Å². The summed E-state index contributed by atoms with van der Waals surface area (Å²) >= 11 is 6.05. The van der Waals surface area contributed by atoms with Gasteiger partial charge in [-0.25, -0.2) is 9.37 Å². The van der Waals surface area contributed by atoms with Gasteiger partial charge in [0.2, 0.25) is 5.91 Å². The van der Waals surface area contributed by atoms with Crippen LogP contribution in [0.4, 0.5) is 4.39 Å². The first-order valence-corrected chi connectivity index (χ1v) is 12.4. The first-order chi connectivity index (χ1) is 16.4. The molecule has 3 aromatic rings. The molecule has 4 rings (SSSR count). The Bertz CT molecular complexity index is 1150. The lowest BCUT2D eigenvalue weighted by Crippen LogP contribution is -2.34. The molecule has 6 nitrogen and oxygen atoms in total. The molecule has 1 saturated heterocycles. The zero-order valence-corrected chi connectivity index (χ0v) is 21.8. The molecule has 0 aliphatic carbocycles. The molecule has 2 aromatic carbocycles. The van der Waals surface area contributed by atoms with E-state index in [1.54, 1.807) is 12.1 Å².